The average molecular weight is 308 g/mol. The number of hydrogen-bond donors (Lipinski definition) is 0. The molecule has 0 spiro atoms. The highest BCUT2D eigenvalue weighted by Crippen LogP contribution is 2.19. The van der Waals surface area contributed by atoms with Crippen molar-refractivity contribution in [2.45, 2.75) is 31.8 Å². The zero-order valence-electron chi connectivity index (χ0n) is 11.2. The lowest BCUT2D eigenvalue weighted by Crippen LogP contribution is -2.39. The Morgan fingerprint density at radius 1 is 1.35 bits per heavy atom. The molecule has 112 valence electrons. The van der Waals surface area contributed by atoms with E-state index in [4.69, 9.17) is 11.6 Å². The second-order valence-electron chi connectivity index (χ2n) is 4.53. The first-order chi connectivity index (χ1) is 9.37. The van der Waals surface area contributed by atoms with Gasteiger partial charge in [0.25, 0.3) is 5.91 Å². The van der Waals surface area contributed by atoms with Crippen LogP contribution in [-0.4, -0.2) is 30.1 Å². The fraction of sp³-hybridized carbons (Fsp3) is 0.500. The molecule has 0 radical (unpaired) electrons. The molecule has 20 heavy (non-hydrogen) atoms. The van der Waals surface area contributed by atoms with Gasteiger partial charge < -0.3 is 4.90 Å². The molecule has 0 atom stereocenters. The van der Waals surface area contributed by atoms with Gasteiger partial charge in [-0.3, -0.25) is 4.79 Å². The molecular formula is C14H17ClF3NO. The lowest BCUT2D eigenvalue weighted by molar-refractivity contribution is -0.140. The fourth-order valence-electron chi connectivity index (χ4n) is 1.79. The molecule has 0 aliphatic rings. The zero-order valence-corrected chi connectivity index (χ0v) is 12.0. The van der Waals surface area contributed by atoms with Gasteiger partial charge in [0.1, 0.15) is 6.54 Å². The number of hydrogen-bond acceptors (Lipinski definition) is 1. The number of rotatable bonds is 6. The van der Waals surface area contributed by atoms with Crippen LogP contribution in [0.15, 0.2) is 24.3 Å². The number of carbonyl (C=O) groups is 1. The van der Waals surface area contributed by atoms with Gasteiger partial charge in [-0.05, 0) is 24.1 Å². The Morgan fingerprint density at radius 2 is 2.05 bits per heavy atom. The molecule has 1 aromatic rings. The second-order valence-corrected chi connectivity index (χ2v) is 4.80. The molecule has 0 bridgehead atoms. The molecule has 1 rings (SSSR count). The molecule has 0 unspecified atom stereocenters. The summed E-state index contributed by atoms with van der Waals surface area (Å²) in [6.07, 6.45) is -3.13. The molecule has 0 saturated heterocycles. The maximum absolute atomic E-state index is 12.5. The summed E-state index contributed by atoms with van der Waals surface area (Å²) >= 11 is 5.67. The Bertz CT molecular complexity index is 448. The third-order valence-corrected chi connectivity index (χ3v) is 3.08. The second kappa shape index (κ2) is 7.53. The summed E-state index contributed by atoms with van der Waals surface area (Å²) in [7, 11) is 0. The van der Waals surface area contributed by atoms with E-state index in [-0.39, 0.29) is 18.0 Å². The maximum Gasteiger partial charge on any atom is 0.406 e. The number of nitrogens with zero attached hydrogens (tertiary/aromatic N) is 1. The van der Waals surface area contributed by atoms with Gasteiger partial charge in [0.2, 0.25) is 0 Å². The van der Waals surface area contributed by atoms with Crippen LogP contribution in [-0.2, 0) is 5.88 Å². The van der Waals surface area contributed by atoms with Crippen molar-refractivity contribution in [3.63, 3.8) is 0 Å². The van der Waals surface area contributed by atoms with Gasteiger partial charge in [-0.15, -0.1) is 11.6 Å². The third-order valence-electron chi connectivity index (χ3n) is 2.77. The van der Waals surface area contributed by atoms with Crippen molar-refractivity contribution in [3.8, 4) is 0 Å². The monoisotopic (exact) mass is 307 g/mol. The summed E-state index contributed by atoms with van der Waals surface area (Å²) in [5.74, 6) is -0.391. The van der Waals surface area contributed by atoms with Crippen LogP contribution in [0, 0.1) is 0 Å². The van der Waals surface area contributed by atoms with Crippen LogP contribution in [0.1, 0.15) is 35.7 Å². The van der Waals surface area contributed by atoms with Crippen molar-refractivity contribution in [3.05, 3.63) is 35.4 Å². The molecule has 0 aliphatic carbocycles. The van der Waals surface area contributed by atoms with Crippen molar-refractivity contribution in [2.75, 3.05) is 13.1 Å². The summed E-state index contributed by atoms with van der Waals surface area (Å²) in [5.41, 5.74) is 0.948. The number of amides is 1. The number of carbonyl (C=O) groups excluding carboxylic acids is 1. The summed E-state index contributed by atoms with van der Waals surface area (Å²) in [6.45, 7) is 0.737. The lowest BCUT2D eigenvalue weighted by Gasteiger charge is -2.24. The molecule has 6 heteroatoms. The van der Waals surface area contributed by atoms with E-state index in [2.05, 4.69) is 0 Å². The lowest BCUT2D eigenvalue weighted by atomic mass is 10.1. The Hall–Kier alpha value is -1.23. The quantitative estimate of drug-likeness (QED) is 0.720. The highest BCUT2D eigenvalue weighted by Gasteiger charge is 2.33. The van der Waals surface area contributed by atoms with E-state index in [0.29, 0.717) is 12.0 Å². The first-order valence-corrected chi connectivity index (χ1v) is 6.91. The minimum Gasteiger partial charge on any atom is -0.330 e. The van der Waals surface area contributed by atoms with Gasteiger partial charge in [-0.1, -0.05) is 25.5 Å². The largest absolute Gasteiger partial charge is 0.406 e. The Labute approximate surface area is 121 Å². The van der Waals surface area contributed by atoms with E-state index in [1.165, 1.54) is 12.1 Å². The number of halogens is 4. The van der Waals surface area contributed by atoms with Crippen molar-refractivity contribution in [1.82, 2.24) is 4.90 Å². The Kier molecular flexibility index (Phi) is 6.33. The SMILES string of the molecule is CCCCN(CC(F)(F)F)C(=O)c1cccc(CCl)c1. The smallest absolute Gasteiger partial charge is 0.330 e. The van der Waals surface area contributed by atoms with E-state index >= 15 is 0 Å². The average Bonchev–Trinajstić information content (AvgIpc) is 2.41. The normalized spacial score (nSPS) is 11.4. The summed E-state index contributed by atoms with van der Waals surface area (Å²) < 4.78 is 37.6. The van der Waals surface area contributed by atoms with E-state index in [9.17, 15) is 18.0 Å². The predicted octanol–water partition coefficient (Wildman–Crippen LogP) is 4.23. The van der Waals surface area contributed by atoms with Gasteiger partial charge in [0, 0.05) is 18.0 Å². The number of unbranched alkanes of at least 4 members (excludes halogenated alkanes) is 1. The first kappa shape index (κ1) is 16.8. The first-order valence-electron chi connectivity index (χ1n) is 6.38. The standard InChI is InChI=1S/C14H17ClF3NO/c1-2-3-7-19(10-14(16,17)18)13(20)12-6-4-5-11(8-12)9-15/h4-6,8H,2-3,7,9-10H2,1H3. The van der Waals surface area contributed by atoms with Gasteiger partial charge >= 0.3 is 6.18 Å². The molecular weight excluding hydrogens is 291 g/mol. The van der Waals surface area contributed by atoms with Crippen LogP contribution < -0.4 is 0 Å². The van der Waals surface area contributed by atoms with E-state index < -0.39 is 18.6 Å². The summed E-state index contributed by atoms with van der Waals surface area (Å²) in [5, 5.41) is 0. The highest BCUT2D eigenvalue weighted by atomic mass is 35.5. The van der Waals surface area contributed by atoms with Gasteiger partial charge in [0.05, 0.1) is 0 Å². The van der Waals surface area contributed by atoms with E-state index in [1.54, 1.807) is 12.1 Å². The number of alkyl halides is 4. The van der Waals surface area contributed by atoms with E-state index in [1.807, 2.05) is 6.92 Å². The van der Waals surface area contributed by atoms with Crippen molar-refractivity contribution in [1.29, 1.82) is 0 Å². The van der Waals surface area contributed by atoms with Gasteiger partial charge in [0.15, 0.2) is 0 Å². The maximum atomic E-state index is 12.5. The van der Waals surface area contributed by atoms with Crippen molar-refractivity contribution < 1.29 is 18.0 Å². The Morgan fingerprint density at radius 3 is 2.60 bits per heavy atom. The van der Waals surface area contributed by atoms with Gasteiger partial charge in [-0.25, -0.2) is 0 Å². The predicted molar refractivity (Wildman–Crippen MR) is 72.9 cm³/mol. The van der Waals surface area contributed by atoms with E-state index in [0.717, 1.165) is 11.3 Å². The highest BCUT2D eigenvalue weighted by molar-refractivity contribution is 6.17. The summed E-state index contributed by atoms with van der Waals surface area (Å²) in [6, 6.07) is 6.39. The molecule has 0 N–H and O–H groups in total. The van der Waals surface area contributed by atoms with Crippen LogP contribution in [0.4, 0.5) is 13.2 Å². The van der Waals surface area contributed by atoms with Crippen LogP contribution >= 0.6 is 11.6 Å². The minimum absolute atomic E-state index is 0.0972. The number of benzene rings is 1. The van der Waals surface area contributed by atoms with Crippen LogP contribution in [0.5, 0.6) is 0 Å². The molecule has 0 aromatic heterocycles. The molecule has 2 nitrogen and oxygen atoms in total. The van der Waals surface area contributed by atoms with Crippen molar-refractivity contribution >= 4 is 17.5 Å². The zero-order chi connectivity index (χ0) is 15.2. The Balaban J connectivity index is 2.90. The molecule has 1 aromatic carbocycles. The van der Waals surface area contributed by atoms with Crippen LogP contribution in [0.3, 0.4) is 0 Å². The van der Waals surface area contributed by atoms with Crippen LogP contribution in [0.2, 0.25) is 0 Å². The van der Waals surface area contributed by atoms with Crippen molar-refractivity contribution in [2.24, 2.45) is 0 Å². The van der Waals surface area contributed by atoms with Crippen LogP contribution in [0.25, 0.3) is 0 Å². The molecule has 0 fully saturated rings. The fourth-order valence-corrected chi connectivity index (χ4v) is 1.95. The topological polar surface area (TPSA) is 20.3 Å². The molecule has 0 saturated carbocycles. The third kappa shape index (κ3) is 5.41. The van der Waals surface area contributed by atoms with Gasteiger partial charge in [-0.2, -0.15) is 13.2 Å². The summed E-state index contributed by atoms with van der Waals surface area (Å²) in [4.78, 5) is 13.0. The molecule has 1 amide bonds. The minimum atomic E-state index is -4.40. The molecule has 0 heterocycles. The molecule has 0 aliphatic heterocycles.